The van der Waals surface area contributed by atoms with Crippen LogP contribution in [0.15, 0.2) is 59.0 Å². The predicted octanol–water partition coefficient (Wildman–Crippen LogP) is 3.19. The van der Waals surface area contributed by atoms with Crippen LogP contribution in [0.4, 0.5) is 5.88 Å². The minimum atomic E-state index is -0.935. The molecule has 2 aromatic carbocycles. The van der Waals surface area contributed by atoms with Crippen LogP contribution in [0, 0.1) is 0 Å². The number of rotatable bonds is 6. The van der Waals surface area contributed by atoms with Gasteiger partial charge in [-0.2, -0.15) is 0 Å². The summed E-state index contributed by atoms with van der Waals surface area (Å²) in [6.07, 6.45) is -0.290. The van der Waals surface area contributed by atoms with Gasteiger partial charge in [0, 0.05) is 19.5 Å². The SMILES string of the molecule is COc1ccc(C(O)c2nc(Cc3ccccc3)c(N3CCOCC3)o2)cc1. The second-order valence-electron chi connectivity index (χ2n) is 6.74. The lowest BCUT2D eigenvalue weighted by molar-refractivity contribution is 0.119. The zero-order valence-corrected chi connectivity index (χ0v) is 15.9. The number of hydrogen-bond acceptors (Lipinski definition) is 6. The Morgan fingerprint density at radius 2 is 1.79 bits per heavy atom. The highest BCUT2D eigenvalue weighted by atomic mass is 16.5. The summed E-state index contributed by atoms with van der Waals surface area (Å²) < 4.78 is 16.7. The Balaban J connectivity index is 1.65. The molecule has 1 fully saturated rings. The first-order valence-electron chi connectivity index (χ1n) is 9.43. The van der Waals surface area contributed by atoms with Gasteiger partial charge in [0.25, 0.3) is 0 Å². The number of morpholine rings is 1. The van der Waals surface area contributed by atoms with Gasteiger partial charge in [0.15, 0.2) is 6.10 Å². The second-order valence-corrected chi connectivity index (χ2v) is 6.74. The molecule has 2 heterocycles. The van der Waals surface area contributed by atoms with Crippen molar-refractivity contribution in [2.75, 3.05) is 38.3 Å². The summed E-state index contributed by atoms with van der Waals surface area (Å²) in [6, 6.07) is 17.4. The Hall–Kier alpha value is -2.83. The highest BCUT2D eigenvalue weighted by Crippen LogP contribution is 2.31. The van der Waals surface area contributed by atoms with E-state index in [9.17, 15) is 5.11 Å². The lowest BCUT2D eigenvalue weighted by Crippen LogP contribution is -2.36. The van der Waals surface area contributed by atoms with E-state index in [1.807, 2.05) is 42.5 Å². The summed E-state index contributed by atoms with van der Waals surface area (Å²) in [4.78, 5) is 6.81. The van der Waals surface area contributed by atoms with Gasteiger partial charge in [-0.05, 0) is 23.3 Å². The lowest BCUT2D eigenvalue weighted by atomic mass is 10.1. The summed E-state index contributed by atoms with van der Waals surface area (Å²) in [5.74, 6) is 1.76. The molecule has 6 heteroatoms. The molecule has 1 aliphatic rings. The maximum absolute atomic E-state index is 10.8. The number of aliphatic hydroxyl groups excluding tert-OH is 1. The van der Waals surface area contributed by atoms with Gasteiger partial charge in [-0.1, -0.05) is 42.5 Å². The van der Waals surface area contributed by atoms with Crippen molar-refractivity contribution in [3.8, 4) is 5.75 Å². The molecule has 4 rings (SSSR count). The Labute approximate surface area is 164 Å². The van der Waals surface area contributed by atoms with Crippen LogP contribution in [-0.4, -0.2) is 43.5 Å². The normalized spacial score (nSPS) is 15.4. The molecule has 146 valence electrons. The number of ether oxygens (including phenoxy) is 2. The van der Waals surface area contributed by atoms with Gasteiger partial charge in [0.1, 0.15) is 11.4 Å². The Kier molecular flexibility index (Phi) is 5.60. The Morgan fingerprint density at radius 1 is 1.07 bits per heavy atom. The van der Waals surface area contributed by atoms with Gasteiger partial charge in [-0.15, -0.1) is 0 Å². The molecule has 0 aliphatic carbocycles. The van der Waals surface area contributed by atoms with Crippen molar-refractivity contribution in [3.05, 3.63) is 77.3 Å². The summed E-state index contributed by atoms with van der Waals surface area (Å²) in [5.41, 5.74) is 2.69. The van der Waals surface area contributed by atoms with E-state index in [2.05, 4.69) is 22.0 Å². The van der Waals surface area contributed by atoms with Crippen LogP contribution in [0.3, 0.4) is 0 Å². The van der Waals surface area contributed by atoms with E-state index in [-0.39, 0.29) is 0 Å². The molecular formula is C22H24N2O4. The van der Waals surface area contributed by atoms with Crippen LogP contribution in [0.5, 0.6) is 5.75 Å². The molecule has 1 atom stereocenters. The van der Waals surface area contributed by atoms with Crippen LogP contribution >= 0.6 is 0 Å². The zero-order valence-electron chi connectivity index (χ0n) is 15.9. The number of nitrogens with zero attached hydrogens (tertiary/aromatic N) is 2. The maximum Gasteiger partial charge on any atom is 0.230 e. The fourth-order valence-electron chi connectivity index (χ4n) is 3.33. The zero-order chi connectivity index (χ0) is 19.3. The van der Waals surface area contributed by atoms with Crippen molar-refractivity contribution in [1.29, 1.82) is 0 Å². The third kappa shape index (κ3) is 4.03. The number of aliphatic hydroxyl groups is 1. The van der Waals surface area contributed by atoms with E-state index in [0.29, 0.717) is 31.1 Å². The molecule has 28 heavy (non-hydrogen) atoms. The van der Waals surface area contributed by atoms with Crippen LogP contribution in [0.1, 0.15) is 28.8 Å². The number of methoxy groups -OCH3 is 1. The first kappa shape index (κ1) is 18.5. The van der Waals surface area contributed by atoms with E-state index in [0.717, 1.165) is 36.0 Å². The number of anilines is 1. The molecule has 0 radical (unpaired) electrons. The molecular weight excluding hydrogens is 356 g/mol. The number of aromatic nitrogens is 1. The summed E-state index contributed by atoms with van der Waals surface area (Å²) in [7, 11) is 1.62. The van der Waals surface area contributed by atoms with Crippen molar-refractivity contribution >= 4 is 5.88 Å². The van der Waals surface area contributed by atoms with Crippen molar-refractivity contribution < 1.29 is 19.0 Å². The number of oxazole rings is 1. The van der Waals surface area contributed by atoms with Crippen molar-refractivity contribution in [2.24, 2.45) is 0 Å². The van der Waals surface area contributed by atoms with Gasteiger partial charge >= 0.3 is 0 Å². The van der Waals surface area contributed by atoms with Gasteiger partial charge < -0.3 is 23.9 Å². The Morgan fingerprint density at radius 3 is 2.46 bits per heavy atom. The minimum Gasteiger partial charge on any atom is -0.497 e. The quantitative estimate of drug-likeness (QED) is 0.708. The van der Waals surface area contributed by atoms with Gasteiger partial charge in [-0.25, -0.2) is 4.98 Å². The number of hydrogen-bond donors (Lipinski definition) is 1. The van der Waals surface area contributed by atoms with Crippen LogP contribution in [-0.2, 0) is 11.2 Å². The molecule has 1 saturated heterocycles. The maximum atomic E-state index is 10.8. The molecule has 3 aromatic rings. The summed E-state index contributed by atoms with van der Waals surface area (Å²) in [6.45, 7) is 2.80. The van der Waals surface area contributed by atoms with E-state index >= 15 is 0 Å². The van der Waals surface area contributed by atoms with E-state index in [1.54, 1.807) is 7.11 Å². The third-order valence-electron chi connectivity index (χ3n) is 4.87. The molecule has 0 amide bonds. The van der Waals surface area contributed by atoms with Crippen LogP contribution < -0.4 is 9.64 Å². The molecule has 0 saturated carbocycles. The Bertz CT molecular complexity index is 887. The highest BCUT2D eigenvalue weighted by Gasteiger charge is 2.25. The van der Waals surface area contributed by atoms with Gasteiger partial charge in [-0.3, -0.25) is 0 Å². The molecule has 1 unspecified atom stereocenters. The van der Waals surface area contributed by atoms with Crippen molar-refractivity contribution in [1.82, 2.24) is 4.98 Å². The average molecular weight is 380 g/mol. The second kappa shape index (κ2) is 8.46. The number of benzene rings is 2. The smallest absolute Gasteiger partial charge is 0.230 e. The highest BCUT2D eigenvalue weighted by molar-refractivity contribution is 5.45. The first-order valence-corrected chi connectivity index (χ1v) is 9.43. The summed E-state index contributed by atoms with van der Waals surface area (Å²) >= 11 is 0. The standard InChI is InChI=1S/C22H24N2O4/c1-26-18-9-7-17(8-10-18)20(25)21-23-19(15-16-5-3-2-4-6-16)22(28-21)24-11-13-27-14-12-24/h2-10,20,25H,11-15H2,1H3. The average Bonchev–Trinajstić information content (AvgIpc) is 3.18. The monoisotopic (exact) mass is 380 g/mol. The van der Waals surface area contributed by atoms with E-state index in [1.165, 1.54) is 0 Å². The van der Waals surface area contributed by atoms with Crippen molar-refractivity contribution in [3.63, 3.8) is 0 Å². The fraction of sp³-hybridized carbons (Fsp3) is 0.318. The first-order chi connectivity index (χ1) is 13.7. The predicted molar refractivity (Wildman–Crippen MR) is 106 cm³/mol. The van der Waals surface area contributed by atoms with Crippen LogP contribution in [0.2, 0.25) is 0 Å². The van der Waals surface area contributed by atoms with E-state index < -0.39 is 6.10 Å². The molecule has 6 nitrogen and oxygen atoms in total. The molecule has 0 spiro atoms. The van der Waals surface area contributed by atoms with Crippen molar-refractivity contribution in [2.45, 2.75) is 12.5 Å². The lowest BCUT2D eigenvalue weighted by Gasteiger charge is -2.26. The van der Waals surface area contributed by atoms with Crippen LogP contribution in [0.25, 0.3) is 0 Å². The minimum absolute atomic E-state index is 0.303. The van der Waals surface area contributed by atoms with Gasteiger partial charge in [0.2, 0.25) is 11.8 Å². The molecule has 1 N–H and O–H groups in total. The fourth-order valence-corrected chi connectivity index (χ4v) is 3.33. The molecule has 1 aliphatic heterocycles. The van der Waals surface area contributed by atoms with E-state index in [4.69, 9.17) is 13.9 Å². The summed E-state index contributed by atoms with van der Waals surface area (Å²) in [5, 5.41) is 10.8. The molecule has 0 bridgehead atoms. The van der Waals surface area contributed by atoms with Gasteiger partial charge in [0.05, 0.1) is 20.3 Å². The third-order valence-corrected chi connectivity index (χ3v) is 4.87. The largest absolute Gasteiger partial charge is 0.497 e. The molecule has 1 aromatic heterocycles. The topological polar surface area (TPSA) is 68.0 Å².